The van der Waals surface area contributed by atoms with E-state index in [4.69, 9.17) is 51.7 Å². The summed E-state index contributed by atoms with van der Waals surface area (Å²) in [5, 5.41) is 7.83. The Balaban J connectivity index is 3.86. The minimum absolute atomic E-state index is 0.140. The van der Waals surface area contributed by atoms with Crippen LogP contribution in [-0.2, 0) is 9.84 Å². The molecule has 0 aliphatic heterocycles. The summed E-state index contributed by atoms with van der Waals surface area (Å²) in [6.07, 6.45) is 0. The topological polar surface area (TPSA) is 57.9 Å². The minimum atomic E-state index is -3.67. The summed E-state index contributed by atoms with van der Waals surface area (Å²) in [7, 11) is -3.67. The largest absolute Gasteiger partial charge is 0.224 e. The molecule has 0 fully saturated rings. The first kappa shape index (κ1) is 14.9. The van der Waals surface area contributed by atoms with Crippen molar-refractivity contribution in [3.05, 3.63) is 25.7 Å². The molecule has 0 heterocycles. The van der Waals surface area contributed by atoms with E-state index in [2.05, 4.69) is 0 Å². The van der Waals surface area contributed by atoms with Crippen LogP contribution in [0.25, 0.3) is 0 Å². The lowest BCUT2D eigenvalue weighted by Gasteiger charge is -2.11. The van der Waals surface area contributed by atoms with Crippen molar-refractivity contribution in [2.45, 2.75) is 11.8 Å². The Kier molecular flexibility index (Phi) is 4.56. The lowest BCUT2D eigenvalue weighted by atomic mass is 10.2. The van der Waals surface area contributed by atoms with E-state index in [1.165, 1.54) is 6.92 Å². The Bertz CT molecular complexity index is 590. The van der Waals surface area contributed by atoms with Crippen LogP contribution in [0.15, 0.2) is 4.90 Å². The average molecular weight is 333 g/mol. The van der Waals surface area contributed by atoms with Crippen LogP contribution in [0.2, 0.25) is 20.1 Å². The van der Waals surface area contributed by atoms with Crippen LogP contribution in [0.1, 0.15) is 12.5 Å². The fraction of sp³-hybridized carbons (Fsp3) is 0.222. The fourth-order valence-electron chi connectivity index (χ4n) is 1.13. The number of nitrogens with zero attached hydrogens (tertiary/aromatic N) is 1. The standard InChI is InChI=1S/C9H5Cl4NO2S/c1-2-17(15,16)9-7(12)5(10)4(3-14)6(11)8(9)13/h2H2,1H3. The van der Waals surface area contributed by atoms with E-state index < -0.39 is 9.84 Å². The van der Waals surface area contributed by atoms with Gasteiger partial charge in [0.2, 0.25) is 0 Å². The fourth-order valence-corrected chi connectivity index (χ4v) is 3.92. The molecule has 0 saturated heterocycles. The summed E-state index contributed by atoms with van der Waals surface area (Å²) < 4.78 is 23.6. The lowest BCUT2D eigenvalue weighted by Crippen LogP contribution is -2.07. The summed E-state index contributed by atoms with van der Waals surface area (Å²) in [5.74, 6) is -0.203. The van der Waals surface area contributed by atoms with Crippen LogP contribution < -0.4 is 0 Å². The summed E-state index contributed by atoms with van der Waals surface area (Å²) >= 11 is 23.2. The van der Waals surface area contributed by atoms with Crippen LogP contribution in [-0.4, -0.2) is 14.2 Å². The first-order chi connectivity index (χ1) is 7.77. The van der Waals surface area contributed by atoms with E-state index in [0.29, 0.717) is 0 Å². The summed E-state index contributed by atoms with van der Waals surface area (Å²) in [4.78, 5) is -0.336. The predicted molar refractivity (Wildman–Crippen MR) is 68.9 cm³/mol. The maximum atomic E-state index is 11.8. The molecule has 17 heavy (non-hydrogen) atoms. The van der Waals surface area contributed by atoms with Crippen molar-refractivity contribution in [1.82, 2.24) is 0 Å². The van der Waals surface area contributed by atoms with Crippen LogP contribution in [0.4, 0.5) is 0 Å². The number of rotatable bonds is 2. The van der Waals surface area contributed by atoms with Gasteiger partial charge in [-0.1, -0.05) is 53.3 Å². The second-order valence-electron chi connectivity index (χ2n) is 2.98. The molecule has 0 aromatic heterocycles. The van der Waals surface area contributed by atoms with Crippen LogP contribution in [0, 0.1) is 11.3 Å². The van der Waals surface area contributed by atoms with Crippen molar-refractivity contribution in [1.29, 1.82) is 5.26 Å². The Morgan fingerprint density at radius 2 is 1.47 bits per heavy atom. The molecule has 92 valence electrons. The number of halogens is 4. The molecule has 0 bridgehead atoms. The Morgan fingerprint density at radius 3 is 1.76 bits per heavy atom. The summed E-state index contributed by atoms with van der Waals surface area (Å²) in [5.41, 5.74) is -0.140. The highest BCUT2D eigenvalue weighted by Gasteiger charge is 2.27. The molecule has 0 aliphatic carbocycles. The summed E-state index contributed by atoms with van der Waals surface area (Å²) in [6, 6.07) is 1.71. The van der Waals surface area contributed by atoms with Gasteiger partial charge in [-0.05, 0) is 0 Å². The average Bonchev–Trinajstić information content (AvgIpc) is 2.27. The normalized spacial score (nSPS) is 11.3. The van der Waals surface area contributed by atoms with Crippen molar-refractivity contribution in [2.24, 2.45) is 0 Å². The smallest absolute Gasteiger partial charge is 0.181 e. The number of hydrogen-bond donors (Lipinski definition) is 0. The molecule has 0 spiro atoms. The van der Waals surface area contributed by atoms with Crippen molar-refractivity contribution in [3.8, 4) is 6.07 Å². The van der Waals surface area contributed by atoms with Gasteiger partial charge in [0.25, 0.3) is 0 Å². The molecule has 0 unspecified atom stereocenters. The molecule has 0 amide bonds. The molecule has 0 atom stereocenters. The van der Waals surface area contributed by atoms with Gasteiger partial charge in [-0.25, -0.2) is 8.42 Å². The molecule has 8 heteroatoms. The molecule has 3 nitrogen and oxygen atoms in total. The van der Waals surface area contributed by atoms with Gasteiger partial charge in [0, 0.05) is 0 Å². The molecular formula is C9H5Cl4NO2S. The monoisotopic (exact) mass is 331 g/mol. The molecule has 0 radical (unpaired) electrons. The zero-order valence-corrected chi connectivity index (χ0v) is 12.2. The maximum Gasteiger partial charge on any atom is 0.181 e. The third-order valence-electron chi connectivity index (χ3n) is 2.03. The Labute approximate surface area is 119 Å². The molecule has 1 aromatic carbocycles. The van der Waals surface area contributed by atoms with Crippen LogP contribution in [0.5, 0.6) is 0 Å². The Hall–Kier alpha value is -0.180. The SMILES string of the molecule is CCS(=O)(=O)c1c(Cl)c(Cl)c(C#N)c(Cl)c1Cl. The molecule has 0 aliphatic rings. The second-order valence-corrected chi connectivity index (χ2v) is 6.70. The molecule has 1 rings (SSSR count). The van der Waals surface area contributed by atoms with Crippen LogP contribution >= 0.6 is 46.4 Å². The first-order valence-electron chi connectivity index (χ1n) is 4.26. The predicted octanol–water partition coefficient (Wildman–Crippen LogP) is 3.97. The molecular weight excluding hydrogens is 328 g/mol. The van der Waals surface area contributed by atoms with Gasteiger partial charge in [0.1, 0.15) is 11.0 Å². The van der Waals surface area contributed by atoms with Crippen molar-refractivity contribution < 1.29 is 8.42 Å². The quantitative estimate of drug-likeness (QED) is 0.770. The lowest BCUT2D eigenvalue weighted by molar-refractivity contribution is 0.597. The third kappa shape index (κ3) is 2.49. The molecule has 1 aromatic rings. The number of nitriles is 1. The van der Waals surface area contributed by atoms with Gasteiger partial charge < -0.3 is 0 Å². The van der Waals surface area contributed by atoms with E-state index in [1.807, 2.05) is 0 Å². The number of benzene rings is 1. The number of hydrogen-bond acceptors (Lipinski definition) is 3. The van der Waals surface area contributed by atoms with Gasteiger partial charge in [-0.15, -0.1) is 0 Å². The van der Waals surface area contributed by atoms with Gasteiger partial charge in [-0.3, -0.25) is 0 Å². The molecule has 0 N–H and O–H groups in total. The zero-order chi connectivity index (χ0) is 13.4. The van der Waals surface area contributed by atoms with Crippen molar-refractivity contribution >= 4 is 56.2 Å². The van der Waals surface area contributed by atoms with Gasteiger partial charge in [-0.2, -0.15) is 5.26 Å². The van der Waals surface area contributed by atoms with E-state index in [9.17, 15) is 8.42 Å². The van der Waals surface area contributed by atoms with Crippen molar-refractivity contribution in [2.75, 3.05) is 5.75 Å². The minimum Gasteiger partial charge on any atom is -0.224 e. The van der Waals surface area contributed by atoms with Crippen molar-refractivity contribution in [3.63, 3.8) is 0 Å². The van der Waals surface area contributed by atoms with Crippen LogP contribution in [0.3, 0.4) is 0 Å². The highest BCUT2D eigenvalue weighted by atomic mass is 35.5. The highest BCUT2D eigenvalue weighted by Crippen LogP contribution is 2.43. The van der Waals surface area contributed by atoms with Gasteiger partial charge >= 0.3 is 0 Å². The molecule has 0 saturated carbocycles. The van der Waals surface area contributed by atoms with E-state index in [0.717, 1.165) is 0 Å². The van der Waals surface area contributed by atoms with Gasteiger partial charge in [0.05, 0.1) is 31.4 Å². The van der Waals surface area contributed by atoms with E-state index in [-0.39, 0.29) is 36.3 Å². The van der Waals surface area contributed by atoms with E-state index in [1.54, 1.807) is 6.07 Å². The third-order valence-corrected chi connectivity index (χ3v) is 5.75. The highest BCUT2D eigenvalue weighted by molar-refractivity contribution is 7.91. The second kappa shape index (κ2) is 5.21. The van der Waals surface area contributed by atoms with E-state index >= 15 is 0 Å². The Morgan fingerprint density at radius 1 is 1.06 bits per heavy atom. The van der Waals surface area contributed by atoms with Gasteiger partial charge in [0.15, 0.2) is 9.84 Å². The maximum absolute atomic E-state index is 11.8. The zero-order valence-electron chi connectivity index (χ0n) is 8.39. The first-order valence-corrected chi connectivity index (χ1v) is 7.43. The number of sulfone groups is 1. The summed E-state index contributed by atoms with van der Waals surface area (Å²) in [6.45, 7) is 1.43.